The lowest BCUT2D eigenvalue weighted by molar-refractivity contribution is 0.430. The van der Waals surface area contributed by atoms with Crippen molar-refractivity contribution >= 4 is 0 Å². The topological polar surface area (TPSA) is 35.6 Å². The second-order valence-corrected chi connectivity index (χ2v) is 7.22. The standard InChI is InChI=1S/C18H28N4/c1-13(2)16-9-19-21(11-16)15(4)6-5-14(3)17-10-20-22(12-17)18-7-8-18/h9-15,18H,5-8H2,1-4H3. The molecule has 0 N–H and O–H groups in total. The second-order valence-electron chi connectivity index (χ2n) is 7.22. The molecule has 0 saturated heterocycles. The zero-order valence-corrected chi connectivity index (χ0v) is 14.2. The number of aromatic nitrogens is 4. The molecule has 4 heteroatoms. The molecule has 2 atom stereocenters. The fraction of sp³-hybridized carbons (Fsp3) is 0.667. The van der Waals surface area contributed by atoms with E-state index in [0.29, 0.717) is 23.9 Å². The number of hydrogen-bond acceptors (Lipinski definition) is 2. The Morgan fingerprint density at radius 3 is 2.36 bits per heavy atom. The van der Waals surface area contributed by atoms with Crippen molar-refractivity contribution in [1.29, 1.82) is 0 Å². The summed E-state index contributed by atoms with van der Waals surface area (Å²) in [4.78, 5) is 0. The van der Waals surface area contributed by atoms with Crippen LogP contribution in [0.4, 0.5) is 0 Å². The molecule has 22 heavy (non-hydrogen) atoms. The third kappa shape index (κ3) is 3.42. The number of nitrogens with zero attached hydrogens (tertiary/aromatic N) is 4. The van der Waals surface area contributed by atoms with Crippen LogP contribution < -0.4 is 0 Å². The summed E-state index contributed by atoms with van der Waals surface area (Å²) in [7, 11) is 0. The van der Waals surface area contributed by atoms with E-state index >= 15 is 0 Å². The van der Waals surface area contributed by atoms with E-state index in [1.807, 2.05) is 6.20 Å². The van der Waals surface area contributed by atoms with Crippen LogP contribution in [0.3, 0.4) is 0 Å². The maximum atomic E-state index is 4.52. The van der Waals surface area contributed by atoms with Crippen LogP contribution in [0.5, 0.6) is 0 Å². The highest BCUT2D eigenvalue weighted by Gasteiger charge is 2.24. The molecule has 1 aliphatic rings. The van der Waals surface area contributed by atoms with Crippen LogP contribution in [0.25, 0.3) is 0 Å². The number of hydrogen-bond donors (Lipinski definition) is 0. The summed E-state index contributed by atoms with van der Waals surface area (Å²) in [6, 6.07) is 1.13. The molecule has 1 saturated carbocycles. The van der Waals surface area contributed by atoms with Crippen molar-refractivity contribution < 1.29 is 0 Å². The van der Waals surface area contributed by atoms with Crippen LogP contribution in [0.15, 0.2) is 24.8 Å². The first kappa shape index (κ1) is 15.3. The van der Waals surface area contributed by atoms with E-state index in [2.05, 4.69) is 65.8 Å². The van der Waals surface area contributed by atoms with Gasteiger partial charge >= 0.3 is 0 Å². The van der Waals surface area contributed by atoms with Gasteiger partial charge in [0.25, 0.3) is 0 Å². The Kier molecular flexibility index (Phi) is 4.37. The van der Waals surface area contributed by atoms with E-state index in [0.717, 1.165) is 6.42 Å². The lowest BCUT2D eigenvalue weighted by Gasteiger charge is -2.15. The third-order valence-corrected chi connectivity index (χ3v) is 4.87. The zero-order chi connectivity index (χ0) is 15.7. The van der Waals surface area contributed by atoms with Crippen molar-refractivity contribution in [2.24, 2.45) is 0 Å². The van der Waals surface area contributed by atoms with Gasteiger partial charge in [0.1, 0.15) is 0 Å². The molecule has 4 nitrogen and oxygen atoms in total. The lowest BCUT2D eigenvalue weighted by Crippen LogP contribution is -2.07. The van der Waals surface area contributed by atoms with Gasteiger partial charge in [0.05, 0.1) is 18.4 Å². The molecule has 2 unspecified atom stereocenters. The monoisotopic (exact) mass is 300 g/mol. The van der Waals surface area contributed by atoms with Gasteiger partial charge in [0.2, 0.25) is 0 Å². The molecule has 2 aromatic heterocycles. The summed E-state index contributed by atoms with van der Waals surface area (Å²) in [5, 5.41) is 9.03. The van der Waals surface area contributed by atoms with E-state index in [1.54, 1.807) is 0 Å². The lowest BCUT2D eigenvalue weighted by atomic mass is 9.97. The molecule has 120 valence electrons. The molecule has 2 aromatic rings. The Bertz CT molecular complexity index is 560. The molecule has 3 rings (SSSR count). The van der Waals surface area contributed by atoms with Gasteiger partial charge in [-0.2, -0.15) is 10.2 Å². The fourth-order valence-electron chi connectivity index (χ4n) is 2.83. The molecular formula is C18H28N4. The summed E-state index contributed by atoms with van der Waals surface area (Å²) < 4.78 is 4.27. The van der Waals surface area contributed by atoms with Crippen molar-refractivity contribution in [3.8, 4) is 0 Å². The van der Waals surface area contributed by atoms with Crippen molar-refractivity contribution in [2.75, 3.05) is 0 Å². The van der Waals surface area contributed by atoms with Gasteiger partial charge in [0, 0.05) is 18.4 Å². The van der Waals surface area contributed by atoms with Crippen LogP contribution >= 0.6 is 0 Å². The van der Waals surface area contributed by atoms with Crippen LogP contribution in [0, 0.1) is 0 Å². The molecule has 0 radical (unpaired) electrons. The largest absolute Gasteiger partial charge is 0.270 e. The molecule has 1 aliphatic carbocycles. The molecular weight excluding hydrogens is 272 g/mol. The van der Waals surface area contributed by atoms with E-state index in [4.69, 9.17) is 0 Å². The average molecular weight is 300 g/mol. The second kappa shape index (κ2) is 6.27. The molecule has 0 spiro atoms. The minimum absolute atomic E-state index is 0.452. The quantitative estimate of drug-likeness (QED) is 0.744. The average Bonchev–Trinajstić information content (AvgIpc) is 3.05. The molecule has 0 aromatic carbocycles. The zero-order valence-electron chi connectivity index (χ0n) is 14.2. The smallest absolute Gasteiger partial charge is 0.0524 e. The SMILES string of the molecule is CC(C)c1cnn(C(C)CCC(C)c2cnn(C3CC3)c2)c1. The Morgan fingerprint density at radius 2 is 1.73 bits per heavy atom. The van der Waals surface area contributed by atoms with E-state index < -0.39 is 0 Å². The summed E-state index contributed by atoms with van der Waals surface area (Å²) in [5.41, 5.74) is 2.70. The Morgan fingerprint density at radius 1 is 1.00 bits per heavy atom. The van der Waals surface area contributed by atoms with Gasteiger partial charge in [-0.3, -0.25) is 9.36 Å². The van der Waals surface area contributed by atoms with E-state index in [9.17, 15) is 0 Å². The minimum atomic E-state index is 0.452. The van der Waals surface area contributed by atoms with Gasteiger partial charge in [-0.25, -0.2) is 0 Å². The molecule has 1 fully saturated rings. The maximum absolute atomic E-state index is 4.52. The van der Waals surface area contributed by atoms with Crippen molar-refractivity contribution in [2.45, 2.75) is 77.3 Å². The van der Waals surface area contributed by atoms with E-state index in [-0.39, 0.29) is 0 Å². The van der Waals surface area contributed by atoms with Crippen LogP contribution in [-0.2, 0) is 0 Å². The van der Waals surface area contributed by atoms with Gasteiger partial charge in [-0.1, -0.05) is 20.8 Å². The van der Waals surface area contributed by atoms with Crippen LogP contribution in [-0.4, -0.2) is 19.6 Å². The van der Waals surface area contributed by atoms with Gasteiger partial charge in [-0.15, -0.1) is 0 Å². The summed E-state index contributed by atoms with van der Waals surface area (Å²) in [6.07, 6.45) is 13.4. The third-order valence-electron chi connectivity index (χ3n) is 4.87. The van der Waals surface area contributed by atoms with Gasteiger partial charge in [-0.05, 0) is 55.6 Å². The molecule has 0 bridgehead atoms. The predicted octanol–water partition coefficient (Wildman–Crippen LogP) is 4.68. The maximum Gasteiger partial charge on any atom is 0.0524 e. The van der Waals surface area contributed by atoms with Gasteiger partial charge in [0.15, 0.2) is 0 Å². The highest BCUT2D eigenvalue weighted by atomic mass is 15.3. The predicted molar refractivity (Wildman–Crippen MR) is 89.2 cm³/mol. The van der Waals surface area contributed by atoms with Crippen molar-refractivity contribution in [3.05, 3.63) is 35.9 Å². The Balaban J connectivity index is 1.53. The van der Waals surface area contributed by atoms with Gasteiger partial charge < -0.3 is 0 Å². The van der Waals surface area contributed by atoms with Crippen LogP contribution in [0.1, 0.15) is 88.4 Å². The highest BCUT2D eigenvalue weighted by molar-refractivity contribution is 5.12. The minimum Gasteiger partial charge on any atom is -0.270 e. The molecule has 2 heterocycles. The summed E-state index contributed by atoms with van der Waals surface area (Å²) >= 11 is 0. The molecule has 0 aliphatic heterocycles. The van der Waals surface area contributed by atoms with Crippen LogP contribution in [0.2, 0.25) is 0 Å². The first-order chi connectivity index (χ1) is 10.5. The fourth-order valence-corrected chi connectivity index (χ4v) is 2.83. The first-order valence-electron chi connectivity index (χ1n) is 8.62. The summed E-state index contributed by atoms with van der Waals surface area (Å²) in [6.45, 7) is 9.00. The summed E-state index contributed by atoms with van der Waals surface area (Å²) in [5.74, 6) is 1.11. The van der Waals surface area contributed by atoms with Crippen molar-refractivity contribution in [3.63, 3.8) is 0 Å². The van der Waals surface area contributed by atoms with Crippen molar-refractivity contribution in [1.82, 2.24) is 19.6 Å². The highest BCUT2D eigenvalue weighted by Crippen LogP contribution is 2.35. The Labute approximate surface area is 133 Å². The Hall–Kier alpha value is -1.58. The van der Waals surface area contributed by atoms with E-state index in [1.165, 1.54) is 30.4 Å². The first-order valence-corrected chi connectivity index (χ1v) is 8.62. The normalized spacial score (nSPS) is 17.9. The molecule has 0 amide bonds. The number of rotatable bonds is 7.